The van der Waals surface area contributed by atoms with Gasteiger partial charge in [0.05, 0.1) is 11.5 Å². The Bertz CT molecular complexity index is 655. The lowest BCUT2D eigenvalue weighted by molar-refractivity contribution is 0.0746. The Balaban J connectivity index is 2.24. The van der Waals surface area contributed by atoms with Gasteiger partial charge in [-0.05, 0) is 18.6 Å². The van der Waals surface area contributed by atoms with Crippen LogP contribution in [0.4, 0.5) is 14.5 Å². The van der Waals surface area contributed by atoms with Crippen LogP contribution in [0, 0.1) is 11.6 Å². The monoisotopic (exact) mass is 319 g/mol. The number of sulfone groups is 1. The molecule has 1 heterocycles. The number of benzene rings is 1. The minimum absolute atomic E-state index is 0.00798. The lowest BCUT2D eigenvalue weighted by Gasteiger charge is -2.23. The number of carbonyl (C=O) groups is 1. The number of halogens is 2. The second kappa shape index (κ2) is 5.57. The Kier molecular flexibility index (Phi) is 4.15. The zero-order valence-corrected chi connectivity index (χ0v) is 12.1. The maximum absolute atomic E-state index is 13.6. The molecule has 1 saturated heterocycles. The van der Waals surface area contributed by atoms with E-state index in [4.69, 9.17) is 5.84 Å². The summed E-state index contributed by atoms with van der Waals surface area (Å²) in [5.41, 5.74) is 1.14. The lowest BCUT2D eigenvalue weighted by atomic mass is 10.1. The van der Waals surface area contributed by atoms with Gasteiger partial charge >= 0.3 is 0 Å². The van der Waals surface area contributed by atoms with Gasteiger partial charge in [0.15, 0.2) is 21.5 Å². The molecule has 0 spiro atoms. The molecule has 1 amide bonds. The Morgan fingerprint density at radius 2 is 1.95 bits per heavy atom. The van der Waals surface area contributed by atoms with Crippen molar-refractivity contribution in [2.45, 2.75) is 12.5 Å². The number of hydrogen-bond donors (Lipinski definition) is 2. The van der Waals surface area contributed by atoms with E-state index in [1.54, 1.807) is 0 Å². The van der Waals surface area contributed by atoms with Crippen molar-refractivity contribution in [2.24, 2.45) is 5.84 Å². The smallest absolute Gasteiger partial charge is 0.254 e. The Morgan fingerprint density at radius 1 is 1.38 bits per heavy atom. The van der Waals surface area contributed by atoms with E-state index in [0.717, 1.165) is 12.1 Å². The molecule has 1 fully saturated rings. The maximum Gasteiger partial charge on any atom is 0.254 e. The predicted molar refractivity (Wildman–Crippen MR) is 73.3 cm³/mol. The van der Waals surface area contributed by atoms with Gasteiger partial charge in [-0.3, -0.25) is 10.6 Å². The minimum Gasteiger partial charge on any atom is -0.338 e. The predicted octanol–water partition coefficient (Wildman–Crippen LogP) is 0.510. The number of hydrogen-bond acceptors (Lipinski definition) is 5. The lowest BCUT2D eigenvalue weighted by Crippen LogP contribution is -2.38. The van der Waals surface area contributed by atoms with Crippen LogP contribution in [-0.2, 0) is 9.84 Å². The van der Waals surface area contributed by atoms with Crippen molar-refractivity contribution in [1.82, 2.24) is 4.90 Å². The van der Waals surface area contributed by atoms with Gasteiger partial charge in [0.1, 0.15) is 5.69 Å². The van der Waals surface area contributed by atoms with Gasteiger partial charge in [-0.1, -0.05) is 0 Å². The van der Waals surface area contributed by atoms with Crippen LogP contribution in [0.3, 0.4) is 0 Å². The van der Waals surface area contributed by atoms with Crippen LogP contribution in [0.2, 0.25) is 0 Å². The summed E-state index contributed by atoms with van der Waals surface area (Å²) in [6.45, 7) is 0. The van der Waals surface area contributed by atoms with Gasteiger partial charge in [-0.15, -0.1) is 0 Å². The molecule has 1 aromatic carbocycles. The van der Waals surface area contributed by atoms with Crippen molar-refractivity contribution in [3.05, 3.63) is 29.3 Å². The van der Waals surface area contributed by atoms with Gasteiger partial charge in [-0.25, -0.2) is 17.2 Å². The van der Waals surface area contributed by atoms with Gasteiger partial charge in [0, 0.05) is 18.7 Å². The van der Waals surface area contributed by atoms with Gasteiger partial charge in [-0.2, -0.15) is 0 Å². The van der Waals surface area contributed by atoms with Crippen LogP contribution in [0.1, 0.15) is 16.8 Å². The molecule has 3 N–H and O–H groups in total. The molecule has 1 aliphatic heterocycles. The summed E-state index contributed by atoms with van der Waals surface area (Å²) in [6, 6.07) is 1.24. The molecular weight excluding hydrogens is 304 g/mol. The van der Waals surface area contributed by atoms with E-state index in [9.17, 15) is 22.0 Å². The molecule has 1 atom stereocenters. The first kappa shape index (κ1) is 15.6. The Morgan fingerprint density at radius 3 is 2.38 bits per heavy atom. The van der Waals surface area contributed by atoms with Gasteiger partial charge in [0.2, 0.25) is 0 Å². The van der Waals surface area contributed by atoms with Crippen LogP contribution in [0.25, 0.3) is 0 Å². The summed E-state index contributed by atoms with van der Waals surface area (Å²) in [6.07, 6.45) is 0.317. The quantitative estimate of drug-likeness (QED) is 0.625. The summed E-state index contributed by atoms with van der Waals surface area (Å²) < 4.78 is 50.0. The molecule has 0 radical (unpaired) electrons. The zero-order chi connectivity index (χ0) is 15.8. The first-order chi connectivity index (χ1) is 9.75. The first-order valence-corrected chi connectivity index (χ1v) is 8.00. The van der Waals surface area contributed by atoms with Crippen LogP contribution in [-0.4, -0.2) is 43.8 Å². The van der Waals surface area contributed by atoms with Crippen molar-refractivity contribution in [3.8, 4) is 0 Å². The van der Waals surface area contributed by atoms with E-state index < -0.39 is 39.1 Å². The topological polar surface area (TPSA) is 92.5 Å². The third-order valence-corrected chi connectivity index (χ3v) is 5.26. The second-order valence-corrected chi connectivity index (χ2v) is 7.16. The molecule has 1 aliphatic rings. The number of nitrogens with two attached hydrogens (primary N) is 1. The highest BCUT2D eigenvalue weighted by atomic mass is 32.2. The van der Waals surface area contributed by atoms with Crippen LogP contribution in [0.5, 0.6) is 0 Å². The van der Waals surface area contributed by atoms with Crippen LogP contribution in [0.15, 0.2) is 12.1 Å². The van der Waals surface area contributed by atoms with Crippen molar-refractivity contribution in [2.75, 3.05) is 24.0 Å². The van der Waals surface area contributed by atoms with Gasteiger partial charge in [0.25, 0.3) is 5.91 Å². The highest BCUT2D eigenvalue weighted by Gasteiger charge is 2.33. The molecule has 1 aromatic rings. The first-order valence-electron chi connectivity index (χ1n) is 6.18. The molecule has 116 valence electrons. The number of nitrogens with one attached hydrogen (secondary N) is 1. The fraction of sp³-hybridized carbons (Fsp3) is 0.417. The molecule has 0 aliphatic carbocycles. The summed E-state index contributed by atoms with van der Waals surface area (Å²) >= 11 is 0. The largest absolute Gasteiger partial charge is 0.338 e. The maximum atomic E-state index is 13.6. The summed E-state index contributed by atoms with van der Waals surface area (Å²) in [7, 11) is -1.74. The molecular formula is C12H15F2N3O3S. The number of anilines is 1. The van der Waals surface area contributed by atoms with Crippen LogP contribution >= 0.6 is 0 Å². The highest BCUT2D eigenvalue weighted by molar-refractivity contribution is 7.91. The molecule has 0 bridgehead atoms. The molecule has 1 unspecified atom stereocenters. The third-order valence-electron chi connectivity index (χ3n) is 3.51. The minimum atomic E-state index is -3.15. The Hall–Kier alpha value is -1.74. The van der Waals surface area contributed by atoms with E-state index in [2.05, 4.69) is 0 Å². The van der Waals surface area contributed by atoms with Crippen molar-refractivity contribution in [3.63, 3.8) is 0 Å². The van der Waals surface area contributed by atoms with E-state index in [0.29, 0.717) is 6.42 Å². The number of nitrogens with zero attached hydrogens (tertiary/aromatic N) is 1. The number of nitrogen functional groups attached to an aromatic ring is 1. The molecule has 9 heteroatoms. The highest BCUT2D eigenvalue weighted by Crippen LogP contribution is 2.23. The van der Waals surface area contributed by atoms with E-state index in [1.807, 2.05) is 5.43 Å². The zero-order valence-electron chi connectivity index (χ0n) is 11.3. The summed E-state index contributed by atoms with van der Waals surface area (Å²) in [4.78, 5) is 13.4. The number of rotatable bonds is 3. The molecule has 21 heavy (non-hydrogen) atoms. The van der Waals surface area contributed by atoms with Crippen molar-refractivity contribution >= 4 is 21.4 Å². The SMILES string of the molecule is CN(C(=O)c1cc(F)c(NN)c(F)c1)C1CCS(=O)(=O)C1. The molecule has 6 nitrogen and oxygen atoms in total. The van der Waals surface area contributed by atoms with E-state index >= 15 is 0 Å². The average Bonchev–Trinajstić information content (AvgIpc) is 2.77. The molecule has 0 aromatic heterocycles. The fourth-order valence-electron chi connectivity index (χ4n) is 2.28. The summed E-state index contributed by atoms with van der Waals surface area (Å²) in [5, 5.41) is 0. The average molecular weight is 319 g/mol. The van der Waals surface area contributed by atoms with Crippen molar-refractivity contribution < 1.29 is 22.0 Å². The Labute approximate surface area is 120 Å². The number of hydrazine groups is 1. The van der Waals surface area contributed by atoms with Crippen LogP contribution < -0.4 is 11.3 Å². The molecule has 0 saturated carbocycles. The number of amides is 1. The third kappa shape index (κ3) is 3.13. The fourth-order valence-corrected chi connectivity index (χ4v) is 4.06. The normalized spacial score (nSPS) is 20.3. The number of carbonyl (C=O) groups excluding carboxylic acids is 1. The second-order valence-electron chi connectivity index (χ2n) is 4.93. The van der Waals surface area contributed by atoms with E-state index in [1.165, 1.54) is 11.9 Å². The van der Waals surface area contributed by atoms with Gasteiger partial charge < -0.3 is 10.3 Å². The van der Waals surface area contributed by atoms with Crippen molar-refractivity contribution in [1.29, 1.82) is 0 Å². The molecule has 2 rings (SSSR count). The summed E-state index contributed by atoms with van der Waals surface area (Å²) in [5.74, 6) is 2.22. The standard InChI is InChI=1S/C12H15F2N3O3S/c1-17(8-2-3-21(19,20)6-8)12(18)7-4-9(13)11(16-15)10(14)5-7/h4-5,8,16H,2-3,6,15H2,1H3. The van der Waals surface area contributed by atoms with E-state index in [-0.39, 0.29) is 17.1 Å².